The van der Waals surface area contributed by atoms with E-state index in [0.29, 0.717) is 6.04 Å². The molecule has 3 heteroatoms. The van der Waals surface area contributed by atoms with Crippen LogP contribution in [0.1, 0.15) is 44.9 Å². The average Bonchev–Trinajstić information content (AvgIpc) is 2.70. The molecule has 0 aromatic carbocycles. The van der Waals surface area contributed by atoms with E-state index in [1.165, 1.54) is 28.6 Å². The summed E-state index contributed by atoms with van der Waals surface area (Å²) in [5, 5.41) is 5.87. The van der Waals surface area contributed by atoms with Gasteiger partial charge in [0.15, 0.2) is 0 Å². The molecular formula is C14H24BrNS. The molecule has 0 aliphatic heterocycles. The van der Waals surface area contributed by atoms with Gasteiger partial charge in [-0.2, -0.15) is 0 Å². The molecule has 98 valence electrons. The predicted molar refractivity (Wildman–Crippen MR) is 81.9 cm³/mol. The zero-order valence-corrected chi connectivity index (χ0v) is 13.5. The minimum Gasteiger partial charge on any atom is -0.313 e. The van der Waals surface area contributed by atoms with Crippen molar-refractivity contribution in [2.45, 2.75) is 52.5 Å². The first-order valence-corrected chi connectivity index (χ1v) is 8.31. The number of thiophene rings is 1. The monoisotopic (exact) mass is 317 g/mol. The lowest BCUT2D eigenvalue weighted by Gasteiger charge is -2.24. The van der Waals surface area contributed by atoms with E-state index >= 15 is 0 Å². The highest BCUT2D eigenvalue weighted by atomic mass is 79.9. The zero-order chi connectivity index (χ0) is 12.7. The third kappa shape index (κ3) is 5.11. The van der Waals surface area contributed by atoms with Crippen LogP contribution in [0.3, 0.4) is 0 Å². The van der Waals surface area contributed by atoms with Crippen LogP contribution in [0.5, 0.6) is 0 Å². The van der Waals surface area contributed by atoms with Crippen molar-refractivity contribution in [3.05, 3.63) is 20.8 Å². The molecule has 0 aliphatic carbocycles. The van der Waals surface area contributed by atoms with Gasteiger partial charge in [-0.3, -0.25) is 0 Å². The van der Waals surface area contributed by atoms with Crippen molar-refractivity contribution < 1.29 is 0 Å². The summed E-state index contributed by atoms with van der Waals surface area (Å²) in [7, 11) is 0. The summed E-state index contributed by atoms with van der Waals surface area (Å²) in [6.07, 6.45) is 4.95. The molecule has 1 rings (SSSR count). The predicted octanol–water partition coefficient (Wildman–Crippen LogP) is 4.86. The second-order valence-corrected chi connectivity index (χ2v) is 6.58. The van der Waals surface area contributed by atoms with E-state index in [1.807, 2.05) is 11.3 Å². The maximum absolute atomic E-state index is 3.71. The SMILES string of the molecule is CCCNC(Cc1sccc1Br)C(C)CCC. The Labute approximate surface area is 118 Å². The van der Waals surface area contributed by atoms with Crippen LogP contribution in [0.2, 0.25) is 0 Å². The number of nitrogens with one attached hydrogen (secondary N) is 1. The van der Waals surface area contributed by atoms with Crippen molar-refractivity contribution in [1.82, 2.24) is 5.32 Å². The Balaban J connectivity index is 2.59. The quantitative estimate of drug-likeness (QED) is 0.722. The van der Waals surface area contributed by atoms with Crippen molar-refractivity contribution in [2.24, 2.45) is 5.92 Å². The van der Waals surface area contributed by atoms with Crippen molar-refractivity contribution in [2.75, 3.05) is 6.54 Å². The first-order chi connectivity index (χ1) is 8.19. The third-order valence-electron chi connectivity index (χ3n) is 3.18. The van der Waals surface area contributed by atoms with Gasteiger partial charge < -0.3 is 5.32 Å². The molecule has 0 spiro atoms. The maximum atomic E-state index is 3.71. The van der Waals surface area contributed by atoms with E-state index in [2.05, 4.69) is 53.5 Å². The van der Waals surface area contributed by atoms with Crippen molar-refractivity contribution in [3.8, 4) is 0 Å². The fourth-order valence-corrected chi connectivity index (χ4v) is 3.71. The fraction of sp³-hybridized carbons (Fsp3) is 0.714. The molecule has 2 atom stereocenters. The van der Waals surface area contributed by atoms with Gasteiger partial charge in [0.2, 0.25) is 0 Å². The maximum Gasteiger partial charge on any atom is 0.0314 e. The molecule has 0 aliphatic rings. The van der Waals surface area contributed by atoms with Gasteiger partial charge in [-0.1, -0.05) is 27.2 Å². The third-order valence-corrected chi connectivity index (χ3v) is 5.13. The Hall–Kier alpha value is 0.140. The van der Waals surface area contributed by atoms with Crippen LogP contribution in [-0.2, 0) is 6.42 Å². The Morgan fingerprint density at radius 2 is 2.12 bits per heavy atom. The van der Waals surface area contributed by atoms with Crippen LogP contribution < -0.4 is 5.32 Å². The minimum atomic E-state index is 0.616. The summed E-state index contributed by atoms with van der Waals surface area (Å²) in [5.74, 6) is 0.751. The molecule has 0 bridgehead atoms. The zero-order valence-electron chi connectivity index (χ0n) is 11.1. The van der Waals surface area contributed by atoms with E-state index in [0.717, 1.165) is 18.9 Å². The molecule has 1 aromatic heterocycles. The molecule has 0 fully saturated rings. The highest BCUT2D eigenvalue weighted by molar-refractivity contribution is 9.10. The van der Waals surface area contributed by atoms with Gasteiger partial charge in [0.1, 0.15) is 0 Å². The standard InChI is InChI=1S/C14H24BrNS/c1-4-6-11(3)13(16-8-5-2)10-14-12(15)7-9-17-14/h7,9,11,13,16H,4-6,8,10H2,1-3H3. The summed E-state index contributed by atoms with van der Waals surface area (Å²) in [4.78, 5) is 1.47. The molecule has 1 heterocycles. The topological polar surface area (TPSA) is 12.0 Å². The van der Waals surface area contributed by atoms with E-state index < -0.39 is 0 Å². The van der Waals surface area contributed by atoms with Crippen molar-refractivity contribution in [3.63, 3.8) is 0 Å². The molecule has 1 aromatic rings. The molecule has 1 nitrogen and oxygen atoms in total. The molecule has 1 N–H and O–H groups in total. The summed E-state index contributed by atoms with van der Waals surface area (Å²) < 4.78 is 1.27. The Bertz CT molecular complexity index is 311. The minimum absolute atomic E-state index is 0.616. The van der Waals surface area contributed by atoms with Gasteiger partial charge in [-0.05, 0) is 59.1 Å². The van der Waals surface area contributed by atoms with Gasteiger partial charge in [0.25, 0.3) is 0 Å². The Morgan fingerprint density at radius 1 is 1.35 bits per heavy atom. The molecule has 2 unspecified atom stereocenters. The first-order valence-electron chi connectivity index (χ1n) is 6.64. The van der Waals surface area contributed by atoms with Crippen LogP contribution in [0.25, 0.3) is 0 Å². The van der Waals surface area contributed by atoms with Gasteiger partial charge in [-0.15, -0.1) is 11.3 Å². The lowest BCUT2D eigenvalue weighted by atomic mass is 9.93. The molecule has 0 radical (unpaired) electrons. The van der Waals surface area contributed by atoms with Crippen LogP contribution in [0, 0.1) is 5.92 Å². The van der Waals surface area contributed by atoms with Crippen molar-refractivity contribution in [1.29, 1.82) is 0 Å². The van der Waals surface area contributed by atoms with E-state index in [4.69, 9.17) is 0 Å². The van der Waals surface area contributed by atoms with Crippen molar-refractivity contribution >= 4 is 27.3 Å². The highest BCUT2D eigenvalue weighted by Gasteiger charge is 2.18. The Morgan fingerprint density at radius 3 is 2.65 bits per heavy atom. The molecule has 0 saturated carbocycles. The number of rotatable bonds is 8. The van der Waals surface area contributed by atoms with Crippen LogP contribution in [0.4, 0.5) is 0 Å². The van der Waals surface area contributed by atoms with Gasteiger partial charge in [0.05, 0.1) is 0 Å². The van der Waals surface area contributed by atoms with Crippen LogP contribution >= 0.6 is 27.3 Å². The molecule has 0 amide bonds. The molecule has 17 heavy (non-hydrogen) atoms. The summed E-state index contributed by atoms with van der Waals surface area (Å²) in [6, 6.07) is 2.77. The first kappa shape index (κ1) is 15.2. The second-order valence-electron chi connectivity index (χ2n) is 4.72. The largest absolute Gasteiger partial charge is 0.313 e. The van der Waals surface area contributed by atoms with E-state index in [9.17, 15) is 0 Å². The average molecular weight is 318 g/mol. The number of hydrogen-bond acceptors (Lipinski definition) is 2. The van der Waals surface area contributed by atoms with Crippen LogP contribution in [0.15, 0.2) is 15.9 Å². The van der Waals surface area contributed by atoms with Crippen LogP contribution in [-0.4, -0.2) is 12.6 Å². The van der Waals surface area contributed by atoms with Gasteiger partial charge in [-0.25, -0.2) is 0 Å². The second kappa shape index (κ2) is 8.28. The number of hydrogen-bond donors (Lipinski definition) is 1. The number of halogens is 1. The lowest BCUT2D eigenvalue weighted by molar-refractivity contribution is 0.353. The molecule has 0 saturated heterocycles. The Kier molecular flexibility index (Phi) is 7.40. The summed E-state index contributed by atoms with van der Waals surface area (Å²) in [5.41, 5.74) is 0. The fourth-order valence-electron chi connectivity index (χ4n) is 2.13. The van der Waals surface area contributed by atoms with Gasteiger partial charge >= 0.3 is 0 Å². The highest BCUT2D eigenvalue weighted by Crippen LogP contribution is 2.26. The summed E-state index contributed by atoms with van der Waals surface area (Å²) in [6.45, 7) is 8.00. The van der Waals surface area contributed by atoms with E-state index in [-0.39, 0.29) is 0 Å². The molecular weight excluding hydrogens is 294 g/mol. The summed E-state index contributed by atoms with van der Waals surface area (Å²) >= 11 is 5.49. The van der Waals surface area contributed by atoms with Gasteiger partial charge in [0, 0.05) is 15.4 Å². The lowest BCUT2D eigenvalue weighted by Crippen LogP contribution is -2.37. The van der Waals surface area contributed by atoms with E-state index in [1.54, 1.807) is 0 Å². The normalized spacial score (nSPS) is 14.8. The smallest absolute Gasteiger partial charge is 0.0314 e.